The monoisotopic (exact) mass is 344 g/mol. The number of hydrogen-bond acceptors (Lipinski definition) is 6. The van der Waals surface area contributed by atoms with Gasteiger partial charge < -0.3 is 14.0 Å². The number of aryl methyl sites for hydroxylation is 1. The fraction of sp³-hybridized carbons (Fsp3) is 0.400. The summed E-state index contributed by atoms with van der Waals surface area (Å²) >= 11 is 0. The first-order valence-electron chi connectivity index (χ1n) is 7.03. The van der Waals surface area contributed by atoms with Gasteiger partial charge in [0.1, 0.15) is 11.3 Å². The summed E-state index contributed by atoms with van der Waals surface area (Å²) in [5, 5.41) is 0.936. The van der Waals surface area contributed by atoms with E-state index in [-0.39, 0.29) is 18.8 Å². The fourth-order valence-electron chi connectivity index (χ4n) is 1.80. The maximum atomic E-state index is 11.1. The molecular formula is C15H21O7P. The molecule has 0 atom stereocenters. The summed E-state index contributed by atoms with van der Waals surface area (Å²) in [7, 11) is -2.11. The molecule has 0 amide bonds. The Hall–Kier alpha value is -1.66. The molecule has 0 saturated heterocycles. The summed E-state index contributed by atoms with van der Waals surface area (Å²) in [5.74, 6) is 0.686. The van der Waals surface area contributed by atoms with E-state index < -0.39 is 7.82 Å². The van der Waals surface area contributed by atoms with Crippen LogP contribution in [0.4, 0.5) is 0 Å². The molecule has 0 radical (unpaired) electrons. The minimum absolute atomic E-state index is 0.188. The first-order chi connectivity index (χ1) is 10.8. The Balaban J connectivity index is 0.000000257. The highest BCUT2D eigenvalue weighted by molar-refractivity contribution is 7.47. The molecule has 1 N–H and O–H groups in total. The molecule has 0 aliphatic carbocycles. The number of ether oxygens (including phenoxy) is 1. The van der Waals surface area contributed by atoms with Crippen LogP contribution in [-0.2, 0) is 13.6 Å². The molecule has 1 heterocycles. The van der Waals surface area contributed by atoms with Crippen LogP contribution in [0.1, 0.15) is 19.4 Å². The number of methoxy groups -OCH3 is 1. The van der Waals surface area contributed by atoms with Crippen molar-refractivity contribution in [1.29, 1.82) is 0 Å². The lowest BCUT2D eigenvalue weighted by Gasteiger charge is -2.07. The van der Waals surface area contributed by atoms with E-state index in [4.69, 9.17) is 14.0 Å². The maximum absolute atomic E-state index is 11.1. The van der Waals surface area contributed by atoms with Crippen LogP contribution in [0.2, 0.25) is 0 Å². The molecule has 0 aliphatic rings. The van der Waals surface area contributed by atoms with Crippen molar-refractivity contribution < 1.29 is 27.7 Å². The van der Waals surface area contributed by atoms with Gasteiger partial charge >= 0.3 is 13.4 Å². The summed E-state index contributed by atoms with van der Waals surface area (Å²) in [6, 6.07) is 6.92. The van der Waals surface area contributed by atoms with Gasteiger partial charge in [-0.3, -0.25) is 9.05 Å². The van der Waals surface area contributed by atoms with Crippen molar-refractivity contribution in [3.63, 3.8) is 0 Å². The zero-order valence-electron chi connectivity index (χ0n) is 13.6. The molecule has 7 nitrogen and oxygen atoms in total. The Morgan fingerprint density at radius 2 is 1.78 bits per heavy atom. The Morgan fingerprint density at radius 1 is 1.17 bits per heavy atom. The van der Waals surface area contributed by atoms with Gasteiger partial charge in [-0.1, -0.05) is 0 Å². The van der Waals surface area contributed by atoms with Gasteiger partial charge in [-0.15, -0.1) is 0 Å². The number of rotatable bonds is 5. The predicted molar refractivity (Wildman–Crippen MR) is 86.9 cm³/mol. The molecular weight excluding hydrogens is 323 g/mol. The van der Waals surface area contributed by atoms with Crippen LogP contribution < -0.4 is 10.4 Å². The molecule has 0 aliphatic heterocycles. The van der Waals surface area contributed by atoms with Crippen LogP contribution in [0.5, 0.6) is 5.75 Å². The second-order valence-corrected chi connectivity index (χ2v) is 5.87. The van der Waals surface area contributed by atoms with Crippen LogP contribution in [0.3, 0.4) is 0 Å². The Labute approximate surface area is 134 Å². The number of hydrogen-bond donors (Lipinski definition) is 1. The zero-order valence-corrected chi connectivity index (χ0v) is 14.5. The average molecular weight is 344 g/mol. The van der Waals surface area contributed by atoms with E-state index in [9.17, 15) is 9.36 Å². The van der Waals surface area contributed by atoms with Gasteiger partial charge in [-0.25, -0.2) is 9.36 Å². The quantitative estimate of drug-likeness (QED) is 0.657. The summed E-state index contributed by atoms with van der Waals surface area (Å²) in [6.07, 6.45) is 0. The summed E-state index contributed by atoms with van der Waals surface area (Å²) in [5.41, 5.74) is 1.15. The van der Waals surface area contributed by atoms with Gasteiger partial charge in [-0.2, -0.15) is 0 Å². The van der Waals surface area contributed by atoms with E-state index in [1.807, 2.05) is 19.1 Å². The molecule has 23 heavy (non-hydrogen) atoms. The van der Waals surface area contributed by atoms with Crippen molar-refractivity contribution in [1.82, 2.24) is 0 Å². The molecule has 0 fully saturated rings. The highest BCUT2D eigenvalue weighted by Crippen LogP contribution is 2.42. The van der Waals surface area contributed by atoms with E-state index in [1.54, 1.807) is 27.0 Å². The molecule has 8 heteroatoms. The molecule has 1 aromatic carbocycles. The van der Waals surface area contributed by atoms with E-state index >= 15 is 0 Å². The lowest BCUT2D eigenvalue weighted by atomic mass is 10.1. The third-order valence-electron chi connectivity index (χ3n) is 2.74. The molecule has 0 saturated carbocycles. The zero-order chi connectivity index (χ0) is 17.5. The SMILES string of the molecule is CCOP(=O)(O)OCC.COc1ccc2c(C)cc(=O)oc2c1. The first-order valence-corrected chi connectivity index (χ1v) is 8.52. The Bertz CT molecular complexity index is 728. The highest BCUT2D eigenvalue weighted by atomic mass is 31.2. The van der Waals surface area contributed by atoms with Crippen LogP contribution in [-0.4, -0.2) is 25.2 Å². The lowest BCUT2D eigenvalue weighted by molar-refractivity contribution is 0.161. The van der Waals surface area contributed by atoms with E-state index in [0.29, 0.717) is 11.3 Å². The molecule has 2 rings (SSSR count). The average Bonchev–Trinajstić information content (AvgIpc) is 2.46. The Morgan fingerprint density at radius 3 is 2.30 bits per heavy atom. The predicted octanol–water partition coefficient (Wildman–Crippen LogP) is 3.27. The normalized spacial score (nSPS) is 11.0. The smallest absolute Gasteiger partial charge is 0.472 e. The van der Waals surface area contributed by atoms with Crippen molar-refractivity contribution in [3.05, 3.63) is 40.2 Å². The van der Waals surface area contributed by atoms with Crippen molar-refractivity contribution in [2.24, 2.45) is 0 Å². The van der Waals surface area contributed by atoms with Gasteiger partial charge in [0.2, 0.25) is 0 Å². The molecule has 2 aromatic rings. The van der Waals surface area contributed by atoms with Gasteiger partial charge in [0.15, 0.2) is 0 Å². The number of phosphoric ester groups is 1. The number of benzene rings is 1. The summed E-state index contributed by atoms with van der Waals surface area (Å²) in [6.45, 7) is 5.51. The third-order valence-corrected chi connectivity index (χ3v) is 3.91. The summed E-state index contributed by atoms with van der Waals surface area (Å²) in [4.78, 5) is 19.7. The van der Waals surface area contributed by atoms with Crippen molar-refractivity contribution in [2.75, 3.05) is 20.3 Å². The first kappa shape index (κ1) is 19.4. The summed E-state index contributed by atoms with van der Waals surface area (Å²) < 4.78 is 29.3. The number of fused-ring (bicyclic) bond motifs is 1. The minimum Gasteiger partial charge on any atom is -0.497 e. The van der Waals surface area contributed by atoms with Crippen LogP contribution in [0.25, 0.3) is 11.0 Å². The fourth-order valence-corrected chi connectivity index (χ4v) is 2.52. The second-order valence-electron chi connectivity index (χ2n) is 4.41. The minimum atomic E-state index is -3.69. The van der Waals surface area contributed by atoms with Crippen molar-refractivity contribution >= 4 is 18.8 Å². The number of phosphoric acid groups is 1. The van der Waals surface area contributed by atoms with Gasteiger partial charge in [-0.05, 0) is 38.5 Å². The molecule has 0 bridgehead atoms. The van der Waals surface area contributed by atoms with E-state index in [1.165, 1.54) is 6.07 Å². The molecule has 0 unspecified atom stereocenters. The van der Waals surface area contributed by atoms with Crippen molar-refractivity contribution in [3.8, 4) is 5.75 Å². The highest BCUT2D eigenvalue weighted by Gasteiger charge is 2.17. The maximum Gasteiger partial charge on any atom is 0.472 e. The Kier molecular flexibility index (Phi) is 7.45. The van der Waals surface area contributed by atoms with Crippen LogP contribution >= 0.6 is 7.82 Å². The van der Waals surface area contributed by atoms with Crippen LogP contribution in [0.15, 0.2) is 33.5 Å². The van der Waals surface area contributed by atoms with E-state index in [0.717, 1.165) is 10.9 Å². The van der Waals surface area contributed by atoms with E-state index in [2.05, 4.69) is 9.05 Å². The largest absolute Gasteiger partial charge is 0.497 e. The van der Waals surface area contributed by atoms with Crippen LogP contribution in [0, 0.1) is 6.92 Å². The second kappa shape index (κ2) is 8.84. The topological polar surface area (TPSA) is 95.2 Å². The van der Waals surface area contributed by atoms with Gasteiger partial charge in [0, 0.05) is 17.5 Å². The molecule has 128 valence electrons. The molecule has 0 spiro atoms. The standard InChI is InChI=1S/C11H10O3.C4H11O4P/c1-7-5-11(12)14-10-6-8(13-2)3-4-9(7)10;1-3-7-9(5,6)8-4-2/h3-6H,1-2H3;3-4H2,1-2H3,(H,5,6). The lowest BCUT2D eigenvalue weighted by Crippen LogP contribution is -1.97. The third kappa shape index (κ3) is 6.15. The van der Waals surface area contributed by atoms with Gasteiger partial charge in [0.05, 0.1) is 20.3 Å². The van der Waals surface area contributed by atoms with Crippen molar-refractivity contribution in [2.45, 2.75) is 20.8 Å². The van der Waals surface area contributed by atoms with Gasteiger partial charge in [0.25, 0.3) is 0 Å². The molecule has 1 aromatic heterocycles.